The molecule has 1 fully saturated rings. The summed E-state index contributed by atoms with van der Waals surface area (Å²) >= 11 is 19.0. The highest BCUT2D eigenvalue weighted by Gasteiger charge is 2.39. The van der Waals surface area contributed by atoms with E-state index >= 15 is 0 Å². The second-order valence-corrected chi connectivity index (χ2v) is 6.12. The first-order valence-electron chi connectivity index (χ1n) is 6.37. The molecule has 19 heavy (non-hydrogen) atoms. The van der Waals surface area contributed by atoms with Crippen LogP contribution in [0.25, 0.3) is 0 Å². The number of rotatable bonds is 4. The van der Waals surface area contributed by atoms with E-state index in [2.05, 4.69) is 0 Å². The van der Waals surface area contributed by atoms with Crippen LogP contribution in [-0.4, -0.2) is 18.8 Å². The van der Waals surface area contributed by atoms with Gasteiger partial charge in [-0.2, -0.15) is 0 Å². The number of hydrogen-bond acceptors (Lipinski definition) is 2. The third-order valence-electron chi connectivity index (χ3n) is 3.41. The van der Waals surface area contributed by atoms with Crippen molar-refractivity contribution in [3.05, 3.63) is 27.7 Å². The lowest BCUT2D eigenvalue weighted by atomic mass is 9.93. The van der Waals surface area contributed by atoms with Gasteiger partial charge >= 0.3 is 0 Å². The summed E-state index contributed by atoms with van der Waals surface area (Å²) < 4.78 is 11.2. The molecule has 0 radical (unpaired) electrons. The summed E-state index contributed by atoms with van der Waals surface area (Å²) in [5.41, 5.74) is 0.406. The summed E-state index contributed by atoms with van der Waals surface area (Å²) in [5.74, 6) is 0.583. The number of alkyl halides is 1. The van der Waals surface area contributed by atoms with Crippen molar-refractivity contribution in [2.75, 3.05) is 13.2 Å². The van der Waals surface area contributed by atoms with Crippen molar-refractivity contribution >= 4 is 34.8 Å². The minimum atomic E-state index is -0.387. The van der Waals surface area contributed by atoms with Crippen molar-refractivity contribution in [1.82, 2.24) is 0 Å². The van der Waals surface area contributed by atoms with Crippen LogP contribution >= 0.6 is 34.8 Å². The molecule has 0 saturated carbocycles. The molecule has 2 nitrogen and oxygen atoms in total. The fourth-order valence-corrected chi connectivity index (χ4v) is 3.23. The van der Waals surface area contributed by atoms with E-state index in [1.165, 1.54) is 0 Å². The van der Waals surface area contributed by atoms with Crippen LogP contribution in [0.1, 0.15) is 37.6 Å². The lowest BCUT2D eigenvalue weighted by Crippen LogP contribution is -2.29. The molecular weight excluding hydrogens is 307 g/mol. The maximum atomic E-state index is 6.55. The highest BCUT2D eigenvalue weighted by atomic mass is 35.5. The van der Waals surface area contributed by atoms with Crippen LogP contribution in [0.15, 0.2) is 12.1 Å². The van der Waals surface area contributed by atoms with Gasteiger partial charge in [-0.15, -0.1) is 11.6 Å². The monoisotopic (exact) mass is 322 g/mol. The Bertz CT molecular complexity index is 456. The molecule has 2 rings (SSSR count). The molecule has 1 aromatic carbocycles. The summed E-state index contributed by atoms with van der Waals surface area (Å²) in [5, 5.41) is 0.758. The van der Waals surface area contributed by atoms with E-state index in [1.54, 1.807) is 12.1 Å². The molecular formula is C14H17Cl3O2. The van der Waals surface area contributed by atoms with Gasteiger partial charge < -0.3 is 9.47 Å². The molecule has 2 unspecified atom stereocenters. The summed E-state index contributed by atoms with van der Waals surface area (Å²) in [6, 6.07) is 3.50. The molecule has 1 aliphatic rings. The molecule has 0 aliphatic carbocycles. The van der Waals surface area contributed by atoms with E-state index in [-0.39, 0.29) is 11.0 Å². The number of benzene rings is 1. The fraction of sp³-hybridized carbons (Fsp3) is 0.571. The number of hydrogen-bond donors (Lipinski definition) is 0. The standard InChI is InChI=1S/C14H17Cl3O2/c1-3-18-12-8-10(15)9(7-11(12)16)13(17)14(2)5-4-6-19-14/h7-8,13H,3-6H2,1-2H3. The van der Waals surface area contributed by atoms with Gasteiger partial charge in [0.15, 0.2) is 0 Å². The first kappa shape index (κ1) is 15.2. The molecule has 0 aromatic heterocycles. The van der Waals surface area contributed by atoms with E-state index in [9.17, 15) is 0 Å². The lowest BCUT2D eigenvalue weighted by Gasteiger charge is -2.30. The lowest BCUT2D eigenvalue weighted by molar-refractivity contribution is 0.0164. The Kier molecular flexibility index (Phi) is 4.88. The first-order valence-corrected chi connectivity index (χ1v) is 7.57. The molecule has 0 spiro atoms. The van der Waals surface area contributed by atoms with E-state index in [0.29, 0.717) is 22.4 Å². The Morgan fingerprint density at radius 3 is 2.68 bits per heavy atom. The van der Waals surface area contributed by atoms with Gasteiger partial charge in [0.25, 0.3) is 0 Å². The van der Waals surface area contributed by atoms with Crippen LogP contribution in [0.5, 0.6) is 5.75 Å². The normalized spacial score (nSPS) is 24.5. The molecule has 0 amide bonds. The maximum absolute atomic E-state index is 6.55. The largest absolute Gasteiger partial charge is 0.492 e. The summed E-state index contributed by atoms with van der Waals surface area (Å²) in [4.78, 5) is 0. The van der Waals surface area contributed by atoms with E-state index in [4.69, 9.17) is 44.3 Å². The van der Waals surface area contributed by atoms with Crippen molar-refractivity contribution in [3.8, 4) is 5.75 Å². The van der Waals surface area contributed by atoms with Gasteiger partial charge in [-0.25, -0.2) is 0 Å². The van der Waals surface area contributed by atoms with Gasteiger partial charge in [0.05, 0.1) is 22.6 Å². The summed E-state index contributed by atoms with van der Waals surface area (Å²) in [6.45, 7) is 5.19. The van der Waals surface area contributed by atoms with Gasteiger partial charge in [0, 0.05) is 17.7 Å². The Morgan fingerprint density at radius 1 is 1.37 bits per heavy atom. The Balaban J connectivity index is 2.32. The van der Waals surface area contributed by atoms with Crippen LogP contribution in [-0.2, 0) is 4.74 Å². The predicted molar refractivity (Wildman–Crippen MR) is 79.8 cm³/mol. The fourth-order valence-electron chi connectivity index (χ4n) is 2.33. The Labute approximate surface area is 128 Å². The molecule has 106 valence electrons. The van der Waals surface area contributed by atoms with Crippen LogP contribution in [0, 0.1) is 0 Å². The zero-order valence-electron chi connectivity index (χ0n) is 11.0. The molecule has 1 saturated heterocycles. The third-order valence-corrected chi connectivity index (χ3v) is 4.73. The average Bonchev–Trinajstić information content (AvgIpc) is 2.81. The molecule has 0 bridgehead atoms. The van der Waals surface area contributed by atoms with Gasteiger partial charge in [-0.3, -0.25) is 0 Å². The maximum Gasteiger partial charge on any atom is 0.139 e. The molecule has 1 aromatic rings. The minimum absolute atomic E-state index is 0.323. The van der Waals surface area contributed by atoms with Crippen molar-refractivity contribution in [1.29, 1.82) is 0 Å². The van der Waals surface area contributed by atoms with Crippen molar-refractivity contribution in [2.45, 2.75) is 37.7 Å². The molecule has 2 atom stereocenters. The van der Waals surface area contributed by atoms with Gasteiger partial charge in [0.2, 0.25) is 0 Å². The molecule has 5 heteroatoms. The second kappa shape index (κ2) is 6.09. The van der Waals surface area contributed by atoms with Gasteiger partial charge in [0.1, 0.15) is 5.75 Å². The number of ether oxygens (including phenoxy) is 2. The first-order chi connectivity index (χ1) is 8.98. The predicted octanol–water partition coefficient (Wildman–Crippen LogP) is 5.24. The zero-order chi connectivity index (χ0) is 14.0. The van der Waals surface area contributed by atoms with Crippen molar-refractivity contribution in [2.24, 2.45) is 0 Å². The summed E-state index contributed by atoms with van der Waals surface area (Å²) in [6.07, 6.45) is 1.93. The van der Waals surface area contributed by atoms with Gasteiger partial charge in [-0.1, -0.05) is 23.2 Å². The zero-order valence-corrected chi connectivity index (χ0v) is 13.3. The van der Waals surface area contributed by atoms with Crippen LogP contribution in [0.2, 0.25) is 10.0 Å². The number of halogens is 3. The molecule has 0 N–H and O–H groups in total. The minimum Gasteiger partial charge on any atom is -0.492 e. The van der Waals surface area contributed by atoms with Crippen molar-refractivity contribution in [3.63, 3.8) is 0 Å². The van der Waals surface area contributed by atoms with Crippen LogP contribution < -0.4 is 4.74 Å². The topological polar surface area (TPSA) is 18.5 Å². The summed E-state index contributed by atoms with van der Waals surface area (Å²) in [7, 11) is 0. The highest BCUT2D eigenvalue weighted by Crippen LogP contribution is 2.45. The third kappa shape index (κ3) is 3.13. The average molecular weight is 324 g/mol. The van der Waals surface area contributed by atoms with Crippen LogP contribution in [0.4, 0.5) is 0 Å². The Hall–Kier alpha value is -0.150. The van der Waals surface area contributed by atoms with E-state index < -0.39 is 0 Å². The second-order valence-electron chi connectivity index (χ2n) is 4.86. The Morgan fingerprint density at radius 2 is 2.11 bits per heavy atom. The molecule has 1 heterocycles. The van der Waals surface area contributed by atoms with Gasteiger partial charge in [-0.05, 0) is 38.3 Å². The highest BCUT2D eigenvalue weighted by molar-refractivity contribution is 6.35. The van der Waals surface area contributed by atoms with Crippen molar-refractivity contribution < 1.29 is 9.47 Å². The SMILES string of the molecule is CCOc1cc(Cl)c(C(Cl)C2(C)CCCO2)cc1Cl. The van der Waals surface area contributed by atoms with E-state index in [1.807, 2.05) is 13.8 Å². The quantitative estimate of drug-likeness (QED) is 0.705. The van der Waals surface area contributed by atoms with E-state index in [0.717, 1.165) is 25.0 Å². The smallest absolute Gasteiger partial charge is 0.139 e. The van der Waals surface area contributed by atoms with Crippen LogP contribution in [0.3, 0.4) is 0 Å². The molecule has 1 aliphatic heterocycles.